The zero-order chi connectivity index (χ0) is 28.3. The maximum Gasteiger partial charge on any atom is 0.346 e. The average Bonchev–Trinajstić information content (AvgIpc) is 3.57. The summed E-state index contributed by atoms with van der Waals surface area (Å²) in [7, 11) is 0. The predicted octanol–water partition coefficient (Wildman–Crippen LogP) is 5.97. The van der Waals surface area contributed by atoms with Crippen molar-refractivity contribution >= 4 is 33.2 Å². The third-order valence-corrected chi connectivity index (χ3v) is 9.12. The fraction of sp³-hybridized carbons (Fsp3) is 0.355. The molecule has 0 bridgehead atoms. The number of halogens is 1. The van der Waals surface area contributed by atoms with E-state index in [0.29, 0.717) is 35.0 Å². The standard InChI is InChI=1S/C31H30FN3O5S/c1-18-6-7-22(23(32)14-18)31(2)39-25-5-3-4-21(28(25)40-31)19-8-11-34(12-9-19)17-27-33-29-24(15-26(41-29)30(36)37)35(27)16-20-10-13-38-20/h3-8,14-15,20H,9-13,16-17H2,1-2H3,(H,36,37)/t20-,31+/m0/s1. The third-order valence-electron chi connectivity index (χ3n) is 8.12. The molecule has 1 saturated heterocycles. The minimum Gasteiger partial charge on any atom is -0.477 e. The van der Waals surface area contributed by atoms with Crippen molar-refractivity contribution in [2.75, 3.05) is 19.7 Å². The second-order valence-electron chi connectivity index (χ2n) is 11.0. The van der Waals surface area contributed by atoms with Gasteiger partial charge in [-0.1, -0.05) is 24.3 Å². The van der Waals surface area contributed by atoms with Crippen LogP contribution in [0.5, 0.6) is 11.5 Å². The maximum absolute atomic E-state index is 14.9. The van der Waals surface area contributed by atoms with Gasteiger partial charge < -0.3 is 23.9 Å². The van der Waals surface area contributed by atoms with E-state index in [-0.39, 0.29) is 11.9 Å². The highest BCUT2D eigenvalue weighted by Gasteiger charge is 2.42. The van der Waals surface area contributed by atoms with E-state index in [1.54, 1.807) is 19.1 Å². The molecule has 1 N–H and O–H groups in total. The van der Waals surface area contributed by atoms with E-state index in [2.05, 4.69) is 15.5 Å². The Hall–Kier alpha value is -3.73. The Balaban J connectivity index is 1.11. The highest BCUT2D eigenvalue weighted by molar-refractivity contribution is 7.20. The summed E-state index contributed by atoms with van der Waals surface area (Å²) in [6.07, 6.45) is 4.14. The Morgan fingerprint density at radius 2 is 2.10 bits per heavy atom. The summed E-state index contributed by atoms with van der Waals surface area (Å²) >= 11 is 1.21. The van der Waals surface area contributed by atoms with E-state index in [9.17, 15) is 14.3 Å². The first-order valence-electron chi connectivity index (χ1n) is 13.8. The molecule has 10 heteroatoms. The largest absolute Gasteiger partial charge is 0.477 e. The topological polar surface area (TPSA) is 86.1 Å². The lowest BCUT2D eigenvalue weighted by Crippen LogP contribution is -2.33. The number of hydrogen-bond acceptors (Lipinski definition) is 7. The summed E-state index contributed by atoms with van der Waals surface area (Å²) < 4.78 is 35.2. The van der Waals surface area contributed by atoms with Crippen LogP contribution in [0.3, 0.4) is 0 Å². The van der Waals surface area contributed by atoms with Crippen LogP contribution in [0.25, 0.3) is 15.9 Å². The molecule has 3 aliphatic heterocycles. The molecular formula is C31H30FN3O5S. The molecule has 2 aromatic carbocycles. The molecule has 2 atom stereocenters. The van der Waals surface area contributed by atoms with Gasteiger partial charge in [0.15, 0.2) is 11.5 Å². The number of aromatic carboxylic acids is 1. The SMILES string of the molecule is Cc1ccc([C@]2(C)Oc3cccc(C4=CCN(Cc5nc6sc(C(=O)O)cc6n5C[C@@H]5CCO5)CC4)c3O2)c(F)c1. The minimum atomic E-state index is -1.24. The summed E-state index contributed by atoms with van der Waals surface area (Å²) in [5, 5.41) is 9.45. The summed E-state index contributed by atoms with van der Waals surface area (Å²) in [6.45, 7) is 7.24. The van der Waals surface area contributed by atoms with Crippen LogP contribution in [0.1, 0.15) is 52.0 Å². The van der Waals surface area contributed by atoms with Crippen molar-refractivity contribution in [2.45, 2.75) is 51.7 Å². The number of carbonyl (C=O) groups is 1. The van der Waals surface area contributed by atoms with Crippen LogP contribution in [0.2, 0.25) is 0 Å². The number of carboxylic acids is 1. The van der Waals surface area contributed by atoms with Gasteiger partial charge in [0.1, 0.15) is 21.3 Å². The number of thiophene rings is 1. The summed E-state index contributed by atoms with van der Waals surface area (Å²) in [5.74, 6) is -0.360. The van der Waals surface area contributed by atoms with Gasteiger partial charge in [-0.25, -0.2) is 14.2 Å². The van der Waals surface area contributed by atoms with Crippen molar-refractivity contribution < 1.29 is 28.5 Å². The van der Waals surface area contributed by atoms with Gasteiger partial charge in [0, 0.05) is 32.2 Å². The summed E-state index contributed by atoms with van der Waals surface area (Å²) in [5.41, 5.74) is 4.19. The van der Waals surface area contributed by atoms with Gasteiger partial charge in [0.05, 0.1) is 30.3 Å². The number of nitrogens with zero attached hydrogens (tertiary/aromatic N) is 3. The van der Waals surface area contributed by atoms with Crippen LogP contribution in [-0.4, -0.2) is 51.3 Å². The summed E-state index contributed by atoms with van der Waals surface area (Å²) in [4.78, 5) is 19.7. The number of imidazole rings is 1. The number of fused-ring (bicyclic) bond motifs is 2. The lowest BCUT2D eigenvalue weighted by atomic mass is 9.98. The van der Waals surface area contributed by atoms with Gasteiger partial charge in [0.2, 0.25) is 0 Å². The Kier molecular flexibility index (Phi) is 6.37. The second-order valence-corrected chi connectivity index (χ2v) is 12.0. The molecule has 3 aliphatic rings. The monoisotopic (exact) mass is 575 g/mol. The van der Waals surface area contributed by atoms with Crippen molar-refractivity contribution in [1.29, 1.82) is 0 Å². The molecule has 5 heterocycles. The van der Waals surface area contributed by atoms with Gasteiger partial charge >= 0.3 is 5.97 Å². The number of aromatic nitrogens is 2. The zero-order valence-electron chi connectivity index (χ0n) is 22.9. The molecule has 1 fully saturated rings. The first kappa shape index (κ1) is 26.2. The van der Waals surface area contributed by atoms with Crippen LogP contribution < -0.4 is 9.47 Å². The highest BCUT2D eigenvalue weighted by Crippen LogP contribution is 2.49. The first-order valence-corrected chi connectivity index (χ1v) is 14.6. The van der Waals surface area contributed by atoms with Gasteiger partial charge in [-0.2, -0.15) is 0 Å². The molecule has 0 spiro atoms. The zero-order valence-corrected chi connectivity index (χ0v) is 23.7. The second kappa shape index (κ2) is 9.97. The normalized spacial score (nSPS) is 22.1. The molecule has 0 radical (unpaired) electrons. The molecule has 212 valence electrons. The van der Waals surface area contributed by atoms with E-state index in [1.165, 1.54) is 17.4 Å². The van der Waals surface area contributed by atoms with Gasteiger partial charge in [-0.3, -0.25) is 4.90 Å². The molecule has 4 aromatic rings. The van der Waals surface area contributed by atoms with Crippen LogP contribution in [0, 0.1) is 12.7 Å². The fourth-order valence-corrected chi connectivity index (χ4v) is 6.69. The Bertz CT molecular complexity index is 1710. The number of benzene rings is 2. The quantitative estimate of drug-likeness (QED) is 0.291. The van der Waals surface area contributed by atoms with Crippen LogP contribution in [0.15, 0.2) is 48.5 Å². The molecule has 0 unspecified atom stereocenters. The van der Waals surface area contributed by atoms with E-state index in [1.807, 2.05) is 31.2 Å². The lowest BCUT2D eigenvalue weighted by molar-refractivity contribution is -0.0708. The van der Waals surface area contributed by atoms with E-state index in [0.717, 1.165) is 65.4 Å². The molecule has 0 saturated carbocycles. The van der Waals surface area contributed by atoms with Crippen molar-refractivity contribution in [1.82, 2.24) is 14.5 Å². The van der Waals surface area contributed by atoms with Crippen molar-refractivity contribution in [3.05, 3.63) is 81.7 Å². The maximum atomic E-state index is 14.9. The predicted molar refractivity (Wildman–Crippen MR) is 153 cm³/mol. The third kappa shape index (κ3) is 4.69. The number of carboxylic acid groups (broad SMARTS) is 1. The Morgan fingerprint density at radius 1 is 1.24 bits per heavy atom. The van der Waals surface area contributed by atoms with E-state index < -0.39 is 11.8 Å². The first-order chi connectivity index (χ1) is 19.8. The van der Waals surface area contributed by atoms with Crippen LogP contribution in [-0.2, 0) is 23.6 Å². The van der Waals surface area contributed by atoms with Gasteiger partial charge in [0.25, 0.3) is 5.79 Å². The molecule has 8 nitrogen and oxygen atoms in total. The van der Waals surface area contributed by atoms with Crippen LogP contribution >= 0.6 is 11.3 Å². The molecular weight excluding hydrogens is 545 g/mol. The van der Waals surface area contributed by atoms with Gasteiger partial charge in [-0.15, -0.1) is 11.3 Å². The van der Waals surface area contributed by atoms with Crippen LogP contribution in [0.4, 0.5) is 4.39 Å². The molecule has 0 aliphatic carbocycles. The average molecular weight is 576 g/mol. The van der Waals surface area contributed by atoms with Crippen molar-refractivity contribution in [2.24, 2.45) is 0 Å². The molecule has 2 aromatic heterocycles. The molecule has 7 rings (SSSR count). The van der Waals surface area contributed by atoms with Crippen molar-refractivity contribution in [3.63, 3.8) is 0 Å². The molecule has 41 heavy (non-hydrogen) atoms. The number of rotatable bonds is 7. The Morgan fingerprint density at radius 3 is 2.80 bits per heavy atom. The summed E-state index contributed by atoms with van der Waals surface area (Å²) in [6, 6.07) is 12.6. The number of para-hydroxylation sites is 1. The van der Waals surface area contributed by atoms with E-state index >= 15 is 0 Å². The van der Waals surface area contributed by atoms with Crippen molar-refractivity contribution in [3.8, 4) is 11.5 Å². The van der Waals surface area contributed by atoms with Gasteiger partial charge in [-0.05, 0) is 55.2 Å². The highest BCUT2D eigenvalue weighted by atomic mass is 32.1. The smallest absolute Gasteiger partial charge is 0.346 e. The minimum absolute atomic E-state index is 0.133. The fourth-order valence-electron chi connectivity index (χ4n) is 5.80. The Labute approximate surface area is 240 Å². The van der Waals surface area contributed by atoms with E-state index in [4.69, 9.17) is 19.2 Å². The molecule has 0 amide bonds. The number of ether oxygens (including phenoxy) is 3. The number of hydrogen-bond donors (Lipinski definition) is 1. The number of aryl methyl sites for hydroxylation is 1. The lowest BCUT2D eigenvalue weighted by Gasteiger charge is -2.29.